The molecule has 1 aliphatic carbocycles. The molecule has 51 heavy (non-hydrogen) atoms. The van der Waals surface area contributed by atoms with Crippen LogP contribution >= 0.6 is 0 Å². The number of phenolic OH excluding ortho intramolecular Hbond substituents is 1. The predicted molar refractivity (Wildman–Crippen MR) is 179 cm³/mol. The summed E-state index contributed by atoms with van der Waals surface area (Å²) in [5.41, 5.74) is -0.0940. The van der Waals surface area contributed by atoms with Crippen molar-refractivity contribution in [1.29, 1.82) is 0 Å². The molecule has 0 saturated heterocycles. The highest BCUT2D eigenvalue weighted by molar-refractivity contribution is 6.04. The Balaban J connectivity index is 1.72. The molecule has 5 rings (SSSR count). The molecule has 0 fully saturated rings. The van der Waals surface area contributed by atoms with Gasteiger partial charge in [0.05, 0.1) is 70.6 Å². The van der Waals surface area contributed by atoms with E-state index in [4.69, 9.17) is 28.1 Å². The van der Waals surface area contributed by atoms with Crippen LogP contribution in [0.1, 0.15) is 5.56 Å². The fraction of sp³-hybridized carbons (Fsp3) is 0.400. The Bertz CT molecular complexity index is 1870. The molecule has 0 amide bonds. The summed E-state index contributed by atoms with van der Waals surface area (Å²) in [6.45, 7) is 1.47. The fourth-order valence-electron chi connectivity index (χ4n) is 5.81. The van der Waals surface area contributed by atoms with Gasteiger partial charge in [-0.05, 0) is 29.8 Å². The van der Waals surface area contributed by atoms with Crippen molar-refractivity contribution in [2.24, 2.45) is 0 Å². The lowest BCUT2D eigenvalue weighted by molar-refractivity contribution is -0.142. The molecule has 3 N–H and O–H groups in total. The number of aromatic hydroxyl groups is 1. The molecule has 2 aromatic rings. The van der Waals surface area contributed by atoms with Gasteiger partial charge in [-0.3, -0.25) is 19.3 Å². The van der Waals surface area contributed by atoms with Gasteiger partial charge in [0.25, 0.3) is 0 Å². The van der Waals surface area contributed by atoms with Crippen LogP contribution in [-0.4, -0.2) is 118 Å². The van der Waals surface area contributed by atoms with Gasteiger partial charge < -0.3 is 48.3 Å². The standard InChI is InChI=1S/C35H38F2N2O12/c1-46-6-4-39-5-7-47-8-9-48-10-11-49-12-13-50-30-14-21(2-3-27(30)39)33-22-15-25(36)28(40)17-29(22)51-35-23(33)16-26(37)34(45)24(35)18-38(19-31(41)42)20-32(43)44/h2-3,14-17,45H,4-13,18-20H2,1H3,(H,41,42)(H,43,44). The van der Waals surface area contributed by atoms with E-state index >= 15 is 4.39 Å². The SMILES string of the molecule is COCCN1CCOCCOCCOCCOc2cc(-c3c4cc(F)c(=O)cc-4oc4c(CN(CC(=O)O)CC(=O)O)c(O)c(F)cc34)ccc21. The number of nitrogens with zero attached hydrogens (tertiary/aromatic N) is 2. The van der Waals surface area contributed by atoms with Gasteiger partial charge in [0, 0.05) is 49.3 Å². The summed E-state index contributed by atoms with van der Waals surface area (Å²) in [6.07, 6.45) is 0. The van der Waals surface area contributed by atoms with E-state index in [9.17, 15) is 34.1 Å². The molecule has 0 radical (unpaired) electrons. The Morgan fingerprint density at radius 1 is 0.902 bits per heavy atom. The number of carboxylic acid groups (broad SMARTS) is 2. The maximum Gasteiger partial charge on any atom is 0.317 e. The van der Waals surface area contributed by atoms with E-state index in [0.717, 1.165) is 23.1 Å². The van der Waals surface area contributed by atoms with Crippen LogP contribution in [0.25, 0.3) is 33.4 Å². The predicted octanol–water partition coefficient (Wildman–Crippen LogP) is 3.41. The number of methoxy groups -OCH3 is 1. The second-order valence-electron chi connectivity index (χ2n) is 11.6. The van der Waals surface area contributed by atoms with Crippen LogP contribution < -0.4 is 15.1 Å². The van der Waals surface area contributed by atoms with Crippen LogP contribution in [0.5, 0.6) is 11.5 Å². The van der Waals surface area contributed by atoms with E-state index < -0.39 is 54.4 Å². The van der Waals surface area contributed by atoms with E-state index in [-0.39, 0.29) is 46.6 Å². The van der Waals surface area contributed by atoms with Crippen molar-refractivity contribution in [2.45, 2.75) is 6.54 Å². The minimum atomic E-state index is -1.36. The summed E-state index contributed by atoms with van der Waals surface area (Å²) >= 11 is 0. The van der Waals surface area contributed by atoms with Crippen molar-refractivity contribution in [3.63, 3.8) is 0 Å². The summed E-state index contributed by atoms with van der Waals surface area (Å²) in [7, 11) is 1.58. The third kappa shape index (κ3) is 9.28. The zero-order chi connectivity index (χ0) is 36.5. The van der Waals surface area contributed by atoms with Gasteiger partial charge in [-0.1, -0.05) is 6.07 Å². The van der Waals surface area contributed by atoms with E-state index in [1.54, 1.807) is 25.3 Å². The zero-order valence-corrected chi connectivity index (χ0v) is 27.8. The summed E-state index contributed by atoms with van der Waals surface area (Å²) in [4.78, 5) is 38.5. The molecule has 2 heterocycles. The summed E-state index contributed by atoms with van der Waals surface area (Å²) in [5.74, 6) is -5.60. The molecule has 2 aliphatic heterocycles. The maximum absolute atomic E-state index is 15.6. The number of carbonyl (C=O) groups is 2. The third-order valence-corrected chi connectivity index (χ3v) is 8.08. The van der Waals surface area contributed by atoms with E-state index in [0.29, 0.717) is 69.7 Å². The average Bonchev–Trinajstić information content (AvgIpc) is 3.08. The third-order valence-electron chi connectivity index (χ3n) is 8.08. The second kappa shape index (κ2) is 17.4. The van der Waals surface area contributed by atoms with Crippen molar-refractivity contribution in [3.8, 4) is 33.9 Å². The Morgan fingerprint density at radius 3 is 2.24 bits per heavy atom. The number of fused-ring (bicyclic) bond motifs is 3. The van der Waals surface area contributed by atoms with Gasteiger partial charge in [-0.15, -0.1) is 0 Å². The first kappa shape index (κ1) is 37.4. The minimum Gasteiger partial charge on any atom is -0.504 e. The Morgan fingerprint density at radius 2 is 1.57 bits per heavy atom. The number of benzene rings is 3. The summed E-state index contributed by atoms with van der Waals surface area (Å²) in [6, 6.07) is 7.99. The van der Waals surface area contributed by atoms with Gasteiger partial charge >= 0.3 is 11.9 Å². The molecule has 274 valence electrons. The van der Waals surface area contributed by atoms with Gasteiger partial charge in [0.2, 0.25) is 5.43 Å². The minimum absolute atomic E-state index is 0.0292. The molecule has 14 nitrogen and oxygen atoms in total. The van der Waals surface area contributed by atoms with Gasteiger partial charge in [0.15, 0.2) is 17.4 Å². The number of rotatable bonds is 10. The number of phenols is 1. The van der Waals surface area contributed by atoms with Crippen LogP contribution in [0.15, 0.2) is 45.6 Å². The summed E-state index contributed by atoms with van der Waals surface area (Å²) in [5, 5.41) is 29.7. The van der Waals surface area contributed by atoms with E-state index in [2.05, 4.69) is 0 Å². The molecule has 0 atom stereocenters. The van der Waals surface area contributed by atoms with Crippen LogP contribution in [0.2, 0.25) is 0 Å². The number of aliphatic carboxylic acids is 2. The normalized spacial score (nSPS) is 14.9. The number of halogens is 2. The molecule has 0 bridgehead atoms. The number of hydrogen-bond acceptors (Lipinski definition) is 12. The lowest BCUT2D eigenvalue weighted by atomic mass is 9.91. The number of anilines is 1. The van der Waals surface area contributed by atoms with Crippen molar-refractivity contribution >= 4 is 28.6 Å². The van der Waals surface area contributed by atoms with Crippen molar-refractivity contribution in [1.82, 2.24) is 4.90 Å². The Kier molecular flexibility index (Phi) is 12.7. The van der Waals surface area contributed by atoms with E-state index in [1.165, 1.54) is 0 Å². The second-order valence-corrected chi connectivity index (χ2v) is 11.6. The number of hydrogen-bond donors (Lipinski definition) is 3. The van der Waals surface area contributed by atoms with Crippen molar-refractivity contribution in [3.05, 3.63) is 63.8 Å². The van der Waals surface area contributed by atoms with Crippen LogP contribution in [0.4, 0.5) is 14.5 Å². The lowest BCUT2D eigenvalue weighted by Gasteiger charge is -2.27. The summed E-state index contributed by atoms with van der Waals surface area (Å²) < 4.78 is 65.0. The van der Waals surface area contributed by atoms with Gasteiger partial charge in [0.1, 0.15) is 23.7 Å². The van der Waals surface area contributed by atoms with Crippen LogP contribution in [0, 0.1) is 11.6 Å². The zero-order valence-electron chi connectivity index (χ0n) is 27.8. The number of ether oxygens (including phenoxy) is 5. The average molecular weight is 717 g/mol. The highest BCUT2D eigenvalue weighted by Gasteiger charge is 2.27. The molecule has 16 heteroatoms. The van der Waals surface area contributed by atoms with E-state index in [1.807, 2.05) is 4.90 Å². The highest BCUT2D eigenvalue weighted by Crippen LogP contribution is 2.45. The smallest absolute Gasteiger partial charge is 0.317 e. The molecule has 2 aromatic carbocycles. The fourth-order valence-corrected chi connectivity index (χ4v) is 5.81. The van der Waals surface area contributed by atoms with Crippen LogP contribution in [-0.2, 0) is 35.1 Å². The monoisotopic (exact) mass is 716 g/mol. The topological polar surface area (TPSA) is 178 Å². The molecule has 0 saturated carbocycles. The largest absolute Gasteiger partial charge is 0.504 e. The van der Waals surface area contributed by atoms with Crippen LogP contribution in [0.3, 0.4) is 0 Å². The molecular weight excluding hydrogens is 678 g/mol. The first-order valence-corrected chi connectivity index (χ1v) is 16.1. The molecule has 0 unspecified atom stereocenters. The molecular formula is C35H38F2N2O12. The van der Waals surface area contributed by atoms with Crippen molar-refractivity contribution < 1.29 is 61.8 Å². The quantitative estimate of drug-likeness (QED) is 0.204. The maximum atomic E-state index is 15.6. The molecule has 3 aliphatic rings. The highest BCUT2D eigenvalue weighted by atomic mass is 19.1. The number of carboxylic acids is 2. The van der Waals surface area contributed by atoms with Gasteiger partial charge in [-0.2, -0.15) is 0 Å². The Labute approximate surface area is 290 Å². The Hall–Kier alpha value is -4.87. The molecule has 0 spiro atoms. The van der Waals surface area contributed by atoms with Crippen molar-refractivity contribution in [2.75, 3.05) is 91.0 Å². The molecule has 0 aromatic heterocycles. The lowest BCUT2D eigenvalue weighted by Crippen LogP contribution is -2.34. The van der Waals surface area contributed by atoms with Gasteiger partial charge in [-0.25, -0.2) is 8.78 Å². The first-order chi connectivity index (χ1) is 24.6. The first-order valence-electron chi connectivity index (χ1n) is 16.1.